The molecule has 0 aromatic carbocycles. The number of amides is 2. The number of likely N-dealkylation sites (N-methyl/N-ethyl adjacent to an activating group) is 1. The molecule has 23 heavy (non-hydrogen) atoms. The molecule has 132 valence electrons. The van der Waals surface area contributed by atoms with Gasteiger partial charge in [0.1, 0.15) is 6.04 Å². The molecule has 1 aliphatic carbocycles. The van der Waals surface area contributed by atoms with Crippen molar-refractivity contribution >= 4 is 23.6 Å². The molecule has 0 aromatic heterocycles. The highest BCUT2D eigenvalue weighted by Gasteiger charge is 2.40. The van der Waals surface area contributed by atoms with Crippen LogP contribution in [0.4, 0.5) is 0 Å². The molecule has 0 radical (unpaired) electrons. The molecule has 2 amide bonds. The molecular weight excluding hydrogens is 308 g/mol. The maximum Gasteiger partial charge on any atom is 0.246 e. The molecule has 2 aliphatic rings. The van der Waals surface area contributed by atoms with Gasteiger partial charge in [0.15, 0.2) is 0 Å². The Morgan fingerprint density at radius 1 is 1.17 bits per heavy atom. The fraction of sp³-hybridized carbons (Fsp3) is 0.889. The van der Waals surface area contributed by atoms with Crippen LogP contribution in [0.15, 0.2) is 0 Å². The predicted octanol–water partition coefficient (Wildman–Crippen LogP) is 3.36. The van der Waals surface area contributed by atoms with E-state index in [-0.39, 0.29) is 17.9 Å². The van der Waals surface area contributed by atoms with Gasteiger partial charge >= 0.3 is 0 Å². The van der Waals surface area contributed by atoms with Gasteiger partial charge in [-0.2, -0.15) is 0 Å². The Labute approximate surface area is 145 Å². The first-order valence-corrected chi connectivity index (χ1v) is 10.1. The number of hydrogen-bond donors (Lipinski definition) is 0. The van der Waals surface area contributed by atoms with Gasteiger partial charge in [-0.1, -0.05) is 52.9 Å². The summed E-state index contributed by atoms with van der Waals surface area (Å²) in [6.45, 7) is 6.59. The summed E-state index contributed by atoms with van der Waals surface area (Å²) >= 11 is 1.68. The van der Waals surface area contributed by atoms with Crippen molar-refractivity contribution in [2.24, 2.45) is 11.3 Å². The lowest BCUT2D eigenvalue weighted by atomic mass is 9.87. The molecule has 1 atom stereocenters. The summed E-state index contributed by atoms with van der Waals surface area (Å²) in [4.78, 5) is 29.0. The molecule has 4 nitrogen and oxygen atoms in total. The zero-order chi connectivity index (χ0) is 17.0. The van der Waals surface area contributed by atoms with Crippen molar-refractivity contribution in [1.82, 2.24) is 9.80 Å². The van der Waals surface area contributed by atoms with E-state index in [0.29, 0.717) is 5.88 Å². The molecule has 0 bridgehead atoms. The van der Waals surface area contributed by atoms with Crippen LogP contribution in [0.2, 0.25) is 0 Å². The summed E-state index contributed by atoms with van der Waals surface area (Å²) in [5.41, 5.74) is -0.426. The van der Waals surface area contributed by atoms with Crippen LogP contribution in [0.1, 0.15) is 59.3 Å². The Kier molecular flexibility index (Phi) is 6.40. The second-order valence-corrected chi connectivity index (χ2v) is 9.09. The molecule has 1 saturated carbocycles. The van der Waals surface area contributed by atoms with Crippen LogP contribution in [-0.4, -0.2) is 52.9 Å². The minimum Gasteiger partial charge on any atom is -0.344 e. The maximum absolute atomic E-state index is 12.8. The Hall–Kier alpha value is -0.710. The standard InChI is InChI=1S/C18H32N2O2S/c1-18(2,3)17(22)20-13-23-12-15(20)16(21)19(4)11-10-14-8-6-5-7-9-14/h14-15H,5-13H2,1-4H3. The molecule has 1 aliphatic heterocycles. The predicted molar refractivity (Wildman–Crippen MR) is 96.2 cm³/mol. The van der Waals surface area contributed by atoms with Crippen molar-refractivity contribution in [3.05, 3.63) is 0 Å². The highest BCUT2D eigenvalue weighted by atomic mass is 32.2. The summed E-state index contributed by atoms with van der Waals surface area (Å²) in [5.74, 6) is 2.35. The van der Waals surface area contributed by atoms with Crippen LogP contribution in [0.3, 0.4) is 0 Å². The number of nitrogens with zero attached hydrogens (tertiary/aromatic N) is 2. The topological polar surface area (TPSA) is 40.6 Å². The molecular formula is C18H32N2O2S. The van der Waals surface area contributed by atoms with Gasteiger partial charge in [0.25, 0.3) is 0 Å². The molecule has 0 aromatic rings. The number of hydrogen-bond acceptors (Lipinski definition) is 3. The number of rotatable bonds is 4. The third kappa shape index (κ3) is 4.88. The summed E-state index contributed by atoms with van der Waals surface area (Å²) in [6.07, 6.45) is 7.79. The Balaban J connectivity index is 1.88. The monoisotopic (exact) mass is 340 g/mol. The van der Waals surface area contributed by atoms with Gasteiger partial charge in [-0.25, -0.2) is 0 Å². The van der Waals surface area contributed by atoms with Crippen molar-refractivity contribution in [3.8, 4) is 0 Å². The van der Waals surface area contributed by atoms with Gasteiger partial charge in [0, 0.05) is 24.8 Å². The highest BCUT2D eigenvalue weighted by Crippen LogP contribution is 2.29. The lowest BCUT2D eigenvalue weighted by molar-refractivity contribution is -0.147. The van der Waals surface area contributed by atoms with E-state index in [4.69, 9.17) is 0 Å². The Bertz CT molecular complexity index is 427. The second kappa shape index (κ2) is 7.91. The minimum atomic E-state index is -0.426. The average Bonchev–Trinajstić information content (AvgIpc) is 3.00. The molecule has 1 saturated heterocycles. The zero-order valence-corrected chi connectivity index (χ0v) is 16.0. The third-order valence-electron chi connectivity index (χ3n) is 5.04. The van der Waals surface area contributed by atoms with Crippen molar-refractivity contribution in [3.63, 3.8) is 0 Å². The number of carbonyl (C=O) groups excluding carboxylic acids is 2. The zero-order valence-electron chi connectivity index (χ0n) is 15.1. The fourth-order valence-electron chi connectivity index (χ4n) is 3.49. The van der Waals surface area contributed by atoms with Gasteiger partial charge in [0.05, 0.1) is 5.88 Å². The number of thioether (sulfide) groups is 1. The quantitative estimate of drug-likeness (QED) is 0.788. The lowest BCUT2D eigenvalue weighted by Gasteiger charge is -2.32. The van der Waals surface area contributed by atoms with Crippen LogP contribution in [0, 0.1) is 11.3 Å². The summed E-state index contributed by atoms with van der Waals surface area (Å²) in [7, 11) is 1.90. The van der Waals surface area contributed by atoms with Crippen molar-refractivity contribution in [2.75, 3.05) is 25.2 Å². The Morgan fingerprint density at radius 2 is 1.83 bits per heavy atom. The summed E-state index contributed by atoms with van der Waals surface area (Å²) < 4.78 is 0. The molecule has 2 fully saturated rings. The molecule has 5 heteroatoms. The van der Waals surface area contributed by atoms with E-state index in [0.717, 1.165) is 24.6 Å². The van der Waals surface area contributed by atoms with Gasteiger partial charge < -0.3 is 9.80 Å². The van der Waals surface area contributed by atoms with E-state index in [9.17, 15) is 9.59 Å². The lowest BCUT2D eigenvalue weighted by Crippen LogP contribution is -2.51. The van der Waals surface area contributed by atoms with Crippen molar-refractivity contribution in [1.29, 1.82) is 0 Å². The fourth-order valence-corrected chi connectivity index (χ4v) is 4.64. The number of carbonyl (C=O) groups is 2. The van der Waals surface area contributed by atoms with Crippen LogP contribution < -0.4 is 0 Å². The van der Waals surface area contributed by atoms with E-state index >= 15 is 0 Å². The van der Waals surface area contributed by atoms with E-state index in [1.54, 1.807) is 16.7 Å². The smallest absolute Gasteiger partial charge is 0.246 e. The first-order valence-electron chi connectivity index (χ1n) is 8.94. The van der Waals surface area contributed by atoms with E-state index in [2.05, 4.69) is 0 Å². The summed E-state index contributed by atoms with van der Waals surface area (Å²) in [5, 5.41) is 0. The van der Waals surface area contributed by atoms with E-state index in [1.165, 1.54) is 32.1 Å². The molecule has 0 spiro atoms. The van der Waals surface area contributed by atoms with Gasteiger partial charge in [-0.05, 0) is 12.3 Å². The van der Waals surface area contributed by atoms with Gasteiger partial charge in [-0.15, -0.1) is 11.8 Å². The van der Waals surface area contributed by atoms with Crippen molar-refractivity contribution in [2.45, 2.75) is 65.3 Å². The van der Waals surface area contributed by atoms with Crippen molar-refractivity contribution < 1.29 is 9.59 Å². The van der Waals surface area contributed by atoms with Crippen LogP contribution >= 0.6 is 11.8 Å². The van der Waals surface area contributed by atoms with Gasteiger partial charge in [-0.3, -0.25) is 9.59 Å². The van der Waals surface area contributed by atoms with E-state index in [1.807, 2.05) is 32.7 Å². The van der Waals surface area contributed by atoms with Crippen LogP contribution in [0.25, 0.3) is 0 Å². The van der Waals surface area contributed by atoms with Gasteiger partial charge in [0.2, 0.25) is 11.8 Å². The molecule has 1 unspecified atom stereocenters. The highest BCUT2D eigenvalue weighted by molar-refractivity contribution is 7.99. The summed E-state index contributed by atoms with van der Waals surface area (Å²) in [6, 6.07) is -0.275. The SMILES string of the molecule is CN(CCC1CCCCC1)C(=O)C1CSCN1C(=O)C(C)(C)C. The van der Waals surface area contributed by atoms with E-state index < -0.39 is 5.41 Å². The maximum atomic E-state index is 12.8. The van der Waals surface area contributed by atoms with Crippen LogP contribution in [0.5, 0.6) is 0 Å². The minimum absolute atomic E-state index is 0.0848. The second-order valence-electron chi connectivity index (χ2n) is 8.09. The average molecular weight is 341 g/mol. The molecule has 1 heterocycles. The Morgan fingerprint density at radius 3 is 2.43 bits per heavy atom. The first-order chi connectivity index (χ1) is 10.8. The molecule has 0 N–H and O–H groups in total. The van der Waals surface area contributed by atoms with Crippen LogP contribution in [-0.2, 0) is 9.59 Å². The first kappa shape index (κ1) is 18.6. The largest absolute Gasteiger partial charge is 0.344 e. The normalized spacial score (nSPS) is 23.1. The third-order valence-corrected chi connectivity index (χ3v) is 6.06. The molecule has 2 rings (SSSR count).